The van der Waals surface area contributed by atoms with Crippen LogP contribution in [0.4, 0.5) is 5.69 Å². The van der Waals surface area contributed by atoms with Gasteiger partial charge in [-0.1, -0.05) is 24.9 Å². The number of benzene rings is 1. The number of anilines is 1. The second kappa shape index (κ2) is 4.54. The van der Waals surface area contributed by atoms with Crippen molar-refractivity contribution in [2.24, 2.45) is 0 Å². The van der Waals surface area contributed by atoms with Gasteiger partial charge in [0.25, 0.3) is 0 Å². The molecule has 0 unspecified atom stereocenters. The van der Waals surface area contributed by atoms with Gasteiger partial charge in [0, 0.05) is 5.69 Å². The van der Waals surface area contributed by atoms with Gasteiger partial charge >= 0.3 is 0 Å². The number of nitrogens with two attached hydrogens (primary N) is 1. The van der Waals surface area contributed by atoms with Crippen molar-refractivity contribution in [3.63, 3.8) is 0 Å². The molecule has 1 aromatic heterocycles. The number of hydrogen-bond acceptors (Lipinski definition) is 4. The molecule has 0 fully saturated rings. The fourth-order valence-corrected chi connectivity index (χ4v) is 3.24. The van der Waals surface area contributed by atoms with Gasteiger partial charge in [-0.25, -0.2) is 4.68 Å². The molecular formula is C12H18N4OSi. The maximum absolute atomic E-state index is 9.56. The molecule has 1 heterocycles. The van der Waals surface area contributed by atoms with Crippen molar-refractivity contribution in [3.05, 3.63) is 30.0 Å². The van der Waals surface area contributed by atoms with E-state index in [2.05, 4.69) is 30.0 Å². The Morgan fingerprint density at radius 2 is 1.83 bits per heavy atom. The number of nitrogen functional groups attached to an aromatic ring is 1. The number of rotatable bonds is 3. The molecule has 1 aromatic carbocycles. The lowest BCUT2D eigenvalue weighted by atomic mass is 10.3. The van der Waals surface area contributed by atoms with E-state index < -0.39 is 8.07 Å². The molecule has 0 atom stereocenters. The third-order valence-electron chi connectivity index (χ3n) is 2.76. The van der Waals surface area contributed by atoms with Crippen LogP contribution in [-0.2, 0) is 6.61 Å². The van der Waals surface area contributed by atoms with Gasteiger partial charge in [-0.15, -0.1) is 5.10 Å². The van der Waals surface area contributed by atoms with Crippen molar-refractivity contribution in [1.82, 2.24) is 15.0 Å². The van der Waals surface area contributed by atoms with E-state index in [1.54, 1.807) is 4.68 Å². The molecule has 96 valence electrons. The van der Waals surface area contributed by atoms with Gasteiger partial charge in [-0.05, 0) is 24.3 Å². The van der Waals surface area contributed by atoms with Crippen LogP contribution in [-0.4, -0.2) is 28.2 Å². The maximum Gasteiger partial charge on any atom is 0.106 e. The van der Waals surface area contributed by atoms with Gasteiger partial charge in [-0.3, -0.25) is 0 Å². The molecule has 0 saturated carbocycles. The Morgan fingerprint density at radius 1 is 1.22 bits per heavy atom. The molecule has 2 aromatic rings. The minimum Gasteiger partial charge on any atom is -0.399 e. The van der Waals surface area contributed by atoms with E-state index >= 15 is 0 Å². The monoisotopic (exact) mass is 262 g/mol. The minimum atomic E-state index is -1.60. The van der Waals surface area contributed by atoms with Gasteiger partial charge in [-0.2, -0.15) is 0 Å². The van der Waals surface area contributed by atoms with Gasteiger partial charge in [0.2, 0.25) is 0 Å². The first-order chi connectivity index (χ1) is 8.43. The lowest BCUT2D eigenvalue weighted by molar-refractivity contribution is 0.274. The molecule has 0 radical (unpaired) electrons. The number of aliphatic hydroxyl groups is 1. The lowest BCUT2D eigenvalue weighted by Crippen LogP contribution is -2.41. The first-order valence-electron chi connectivity index (χ1n) is 5.85. The van der Waals surface area contributed by atoms with Crippen LogP contribution < -0.4 is 11.1 Å². The highest BCUT2D eigenvalue weighted by Crippen LogP contribution is 2.13. The zero-order valence-corrected chi connectivity index (χ0v) is 11.9. The Hall–Kier alpha value is -1.66. The minimum absolute atomic E-state index is 0.0586. The van der Waals surface area contributed by atoms with Crippen molar-refractivity contribution in [2.75, 3.05) is 5.73 Å². The molecular weight excluding hydrogens is 244 g/mol. The Labute approximate surface area is 107 Å². The molecule has 0 aliphatic carbocycles. The molecule has 5 nitrogen and oxygen atoms in total. The fraction of sp³-hybridized carbons (Fsp3) is 0.333. The van der Waals surface area contributed by atoms with Crippen LogP contribution in [0.15, 0.2) is 24.3 Å². The van der Waals surface area contributed by atoms with Gasteiger partial charge in [0.15, 0.2) is 0 Å². The van der Waals surface area contributed by atoms with Crippen molar-refractivity contribution in [2.45, 2.75) is 26.2 Å². The zero-order valence-electron chi connectivity index (χ0n) is 10.9. The van der Waals surface area contributed by atoms with Crippen LogP contribution in [0.5, 0.6) is 0 Å². The molecule has 0 spiro atoms. The molecule has 0 amide bonds. The number of aromatic nitrogens is 3. The van der Waals surface area contributed by atoms with Crippen LogP contribution in [0, 0.1) is 0 Å². The zero-order chi connectivity index (χ0) is 13.3. The maximum atomic E-state index is 9.56. The molecule has 0 bridgehead atoms. The average molecular weight is 262 g/mol. The normalized spacial score (nSPS) is 11.8. The highest BCUT2D eigenvalue weighted by molar-refractivity contribution is 6.88. The summed E-state index contributed by atoms with van der Waals surface area (Å²) >= 11 is 0. The predicted octanol–water partition coefficient (Wildman–Crippen LogP) is 0.887. The number of hydrogen-bond donors (Lipinski definition) is 2. The Morgan fingerprint density at radius 3 is 2.33 bits per heavy atom. The second-order valence-corrected chi connectivity index (χ2v) is 10.3. The molecule has 2 rings (SSSR count). The van der Waals surface area contributed by atoms with Gasteiger partial charge in [0.1, 0.15) is 8.07 Å². The van der Waals surface area contributed by atoms with E-state index in [0.717, 1.165) is 16.7 Å². The topological polar surface area (TPSA) is 77.0 Å². The number of nitrogens with zero attached hydrogens (tertiary/aromatic N) is 3. The quantitative estimate of drug-likeness (QED) is 0.636. The molecule has 0 saturated heterocycles. The van der Waals surface area contributed by atoms with Crippen LogP contribution in [0.25, 0.3) is 5.69 Å². The summed E-state index contributed by atoms with van der Waals surface area (Å²) in [6, 6.07) is 7.37. The number of aliphatic hydroxyl groups excluding tert-OH is 1. The lowest BCUT2D eigenvalue weighted by Gasteiger charge is -2.14. The standard InChI is InChI=1S/C12H18N4OSi/c1-18(2,3)12-11(8-17)16(15-14-12)10-6-4-9(13)5-7-10/h4-7,17H,8,13H2,1-3H3. The summed E-state index contributed by atoms with van der Waals surface area (Å²) in [5.74, 6) is 0. The van der Waals surface area contributed by atoms with E-state index in [0.29, 0.717) is 5.69 Å². The van der Waals surface area contributed by atoms with E-state index in [4.69, 9.17) is 5.73 Å². The summed E-state index contributed by atoms with van der Waals surface area (Å²) in [6.45, 7) is 6.49. The third kappa shape index (κ3) is 2.29. The summed E-state index contributed by atoms with van der Waals surface area (Å²) in [5.41, 5.74) is 8.01. The summed E-state index contributed by atoms with van der Waals surface area (Å²) in [7, 11) is -1.60. The summed E-state index contributed by atoms with van der Waals surface area (Å²) in [4.78, 5) is 0. The summed E-state index contributed by atoms with van der Waals surface area (Å²) < 4.78 is 1.69. The van der Waals surface area contributed by atoms with Gasteiger partial charge in [0.05, 0.1) is 23.3 Å². The molecule has 3 N–H and O–H groups in total. The Bertz CT molecular complexity index is 542. The van der Waals surface area contributed by atoms with Crippen molar-refractivity contribution in [1.29, 1.82) is 0 Å². The molecule has 6 heteroatoms. The average Bonchev–Trinajstić information content (AvgIpc) is 2.73. The van der Waals surface area contributed by atoms with Crippen LogP contribution in [0.2, 0.25) is 19.6 Å². The van der Waals surface area contributed by atoms with E-state index in [1.165, 1.54) is 0 Å². The highest BCUT2D eigenvalue weighted by Gasteiger charge is 2.26. The Kier molecular flexibility index (Phi) is 3.23. The van der Waals surface area contributed by atoms with Crippen molar-refractivity contribution >= 4 is 19.1 Å². The molecule has 0 aliphatic heterocycles. The fourth-order valence-electron chi connectivity index (χ4n) is 1.85. The van der Waals surface area contributed by atoms with Crippen LogP contribution in [0.1, 0.15) is 5.69 Å². The highest BCUT2D eigenvalue weighted by atomic mass is 28.3. The smallest absolute Gasteiger partial charge is 0.106 e. The predicted molar refractivity (Wildman–Crippen MR) is 74.7 cm³/mol. The van der Waals surface area contributed by atoms with E-state index in [1.807, 2.05) is 24.3 Å². The van der Waals surface area contributed by atoms with Gasteiger partial charge < -0.3 is 10.8 Å². The SMILES string of the molecule is C[Si](C)(C)c1nnn(-c2ccc(N)cc2)c1CO. The van der Waals surface area contributed by atoms with E-state index in [9.17, 15) is 5.11 Å². The first kappa shape index (κ1) is 12.8. The largest absolute Gasteiger partial charge is 0.399 e. The van der Waals surface area contributed by atoms with Crippen LogP contribution in [0.3, 0.4) is 0 Å². The third-order valence-corrected chi connectivity index (χ3v) is 4.57. The first-order valence-corrected chi connectivity index (χ1v) is 9.35. The molecule has 18 heavy (non-hydrogen) atoms. The van der Waals surface area contributed by atoms with Crippen LogP contribution >= 0.6 is 0 Å². The summed E-state index contributed by atoms with van der Waals surface area (Å²) in [6.07, 6.45) is 0. The second-order valence-electron chi connectivity index (χ2n) is 5.30. The molecule has 0 aliphatic rings. The van der Waals surface area contributed by atoms with Crippen molar-refractivity contribution < 1.29 is 5.11 Å². The van der Waals surface area contributed by atoms with Crippen molar-refractivity contribution in [3.8, 4) is 5.69 Å². The Balaban J connectivity index is 2.52. The summed E-state index contributed by atoms with van der Waals surface area (Å²) in [5, 5.41) is 18.9. The van der Waals surface area contributed by atoms with E-state index in [-0.39, 0.29) is 6.61 Å².